The number of aliphatic hydroxyl groups excluding tert-OH is 1. The van der Waals surface area contributed by atoms with Gasteiger partial charge >= 0.3 is 0 Å². The number of thiophene rings is 1. The molecule has 4 nitrogen and oxygen atoms in total. The van der Waals surface area contributed by atoms with Crippen LogP contribution in [0.15, 0.2) is 29.8 Å². The van der Waals surface area contributed by atoms with Gasteiger partial charge in [-0.3, -0.25) is 4.98 Å². The lowest BCUT2D eigenvalue weighted by molar-refractivity contribution is 0.276. The molecule has 0 fully saturated rings. The smallest absolute Gasteiger partial charge is 0.161 e. The van der Waals surface area contributed by atoms with Crippen LogP contribution in [0.4, 0.5) is 0 Å². The maximum atomic E-state index is 9.17. The SMILES string of the molecule is Cc1cc(CO)nc(-c2cnc3ccsc3c2)n1. The van der Waals surface area contributed by atoms with Crippen LogP contribution >= 0.6 is 11.3 Å². The van der Waals surface area contributed by atoms with E-state index in [2.05, 4.69) is 15.0 Å². The Morgan fingerprint density at radius 1 is 1.28 bits per heavy atom. The van der Waals surface area contributed by atoms with Gasteiger partial charge in [-0.1, -0.05) is 0 Å². The summed E-state index contributed by atoms with van der Waals surface area (Å²) >= 11 is 1.64. The van der Waals surface area contributed by atoms with Crippen molar-refractivity contribution in [1.29, 1.82) is 0 Å². The lowest BCUT2D eigenvalue weighted by atomic mass is 10.2. The Balaban J connectivity index is 2.15. The molecule has 5 heteroatoms. The average Bonchev–Trinajstić information content (AvgIpc) is 2.85. The summed E-state index contributed by atoms with van der Waals surface area (Å²) in [6, 6.07) is 5.80. The molecule has 3 rings (SSSR count). The van der Waals surface area contributed by atoms with Crippen molar-refractivity contribution in [1.82, 2.24) is 15.0 Å². The van der Waals surface area contributed by atoms with Gasteiger partial charge in [0, 0.05) is 17.5 Å². The summed E-state index contributed by atoms with van der Waals surface area (Å²) in [6.45, 7) is 1.81. The first kappa shape index (κ1) is 11.3. The molecule has 0 aromatic carbocycles. The summed E-state index contributed by atoms with van der Waals surface area (Å²) in [4.78, 5) is 13.1. The maximum Gasteiger partial charge on any atom is 0.161 e. The van der Waals surface area contributed by atoms with Crippen molar-refractivity contribution < 1.29 is 5.11 Å². The molecule has 0 radical (unpaired) electrons. The van der Waals surface area contributed by atoms with Gasteiger partial charge in [-0.05, 0) is 30.5 Å². The van der Waals surface area contributed by atoms with Crippen LogP contribution in [-0.4, -0.2) is 20.1 Å². The van der Waals surface area contributed by atoms with Gasteiger partial charge in [0.2, 0.25) is 0 Å². The number of rotatable bonds is 2. The van der Waals surface area contributed by atoms with E-state index < -0.39 is 0 Å². The molecule has 0 bridgehead atoms. The third-order valence-corrected chi connectivity index (χ3v) is 3.48. The third-order valence-electron chi connectivity index (χ3n) is 2.63. The second-order valence-electron chi connectivity index (χ2n) is 4.01. The Morgan fingerprint density at radius 3 is 3.00 bits per heavy atom. The van der Waals surface area contributed by atoms with Crippen LogP contribution in [0, 0.1) is 6.92 Å². The summed E-state index contributed by atoms with van der Waals surface area (Å²) in [7, 11) is 0. The molecule has 3 aromatic rings. The molecular formula is C13H11N3OS. The molecule has 0 aliphatic heterocycles. The maximum absolute atomic E-state index is 9.17. The molecule has 0 saturated heterocycles. The first-order valence-electron chi connectivity index (χ1n) is 5.55. The van der Waals surface area contributed by atoms with Crippen LogP contribution in [0.25, 0.3) is 21.6 Å². The van der Waals surface area contributed by atoms with Gasteiger partial charge in [-0.25, -0.2) is 9.97 Å². The van der Waals surface area contributed by atoms with Crippen LogP contribution < -0.4 is 0 Å². The van der Waals surface area contributed by atoms with Gasteiger partial charge in [-0.2, -0.15) is 0 Å². The van der Waals surface area contributed by atoms with Crippen LogP contribution in [0.5, 0.6) is 0 Å². The number of hydrogen-bond donors (Lipinski definition) is 1. The van der Waals surface area contributed by atoms with E-state index in [0.717, 1.165) is 21.5 Å². The fraction of sp³-hybridized carbons (Fsp3) is 0.154. The van der Waals surface area contributed by atoms with E-state index in [9.17, 15) is 0 Å². The van der Waals surface area contributed by atoms with E-state index in [1.54, 1.807) is 23.6 Å². The highest BCUT2D eigenvalue weighted by atomic mass is 32.1. The lowest BCUT2D eigenvalue weighted by Gasteiger charge is -2.04. The van der Waals surface area contributed by atoms with E-state index in [1.807, 2.05) is 24.4 Å². The van der Waals surface area contributed by atoms with E-state index in [-0.39, 0.29) is 6.61 Å². The Kier molecular flexibility index (Phi) is 2.77. The molecule has 0 spiro atoms. The molecule has 1 N–H and O–H groups in total. The van der Waals surface area contributed by atoms with Gasteiger partial charge in [0.25, 0.3) is 0 Å². The molecule has 0 atom stereocenters. The highest BCUT2D eigenvalue weighted by Crippen LogP contribution is 2.24. The minimum absolute atomic E-state index is 0.0783. The fourth-order valence-electron chi connectivity index (χ4n) is 1.81. The molecule has 90 valence electrons. The van der Waals surface area contributed by atoms with Crippen LogP contribution in [0.2, 0.25) is 0 Å². The molecule has 18 heavy (non-hydrogen) atoms. The zero-order valence-corrected chi connectivity index (χ0v) is 10.6. The number of fused-ring (bicyclic) bond motifs is 1. The Morgan fingerprint density at radius 2 is 2.17 bits per heavy atom. The first-order valence-corrected chi connectivity index (χ1v) is 6.43. The normalized spacial score (nSPS) is 11.0. The minimum Gasteiger partial charge on any atom is -0.390 e. The fourth-order valence-corrected chi connectivity index (χ4v) is 2.59. The van der Waals surface area contributed by atoms with E-state index in [0.29, 0.717) is 11.5 Å². The largest absolute Gasteiger partial charge is 0.390 e. The molecular weight excluding hydrogens is 246 g/mol. The second kappa shape index (κ2) is 4.44. The van der Waals surface area contributed by atoms with Crippen molar-refractivity contribution in [3.8, 4) is 11.4 Å². The third kappa shape index (κ3) is 1.98. The van der Waals surface area contributed by atoms with Crippen LogP contribution in [-0.2, 0) is 6.61 Å². The number of pyridine rings is 1. The predicted molar refractivity (Wildman–Crippen MR) is 71.3 cm³/mol. The van der Waals surface area contributed by atoms with E-state index in [1.165, 1.54) is 0 Å². The highest BCUT2D eigenvalue weighted by Gasteiger charge is 2.07. The number of nitrogens with zero attached hydrogens (tertiary/aromatic N) is 3. The summed E-state index contributed by atoms with van der Waals surface area (Å²) in [5.74, 6) is 0.613. The topological polar surface area (TPSA) is 58.9 Å². The van der Waals surface area contributed by atoms with Gasteiger partial charge in [0.1, 0.15) is 0 Å². The summed E-state index contributed by atoms with van der Waals surface area (Å²) in [6.07, 6.45) is 1.77. The average molecular weight is 257 g/mol. The van der Waals surface area contributed by atoms with Crippen molar-refractivity contribution in [2.24, 2.45) is 0 Å². The molecule has 0 unspecified atom stereocenters. The van der Waals surface area contributed by atoms with Gasteiger partial charge in [0.05, 0.1) is 22.5 Å². The van der Waals surface area contributed by atoms with Crippen molar-refractivity contribution in [2.75, 3.05) is 0 Å². The zero-order chi connectivity index (χ0) is 12.5. The molecule has 0 aliphatic rings. The molecule has 3 heterocycles. The summed E-state index contributed by atoms with van der Waals surface area (Å²) in [5, 5.41) is 11.2. The lowest BCUT2D eigenvalue weighted by Crippen LogP contribution is -1.98. The van der Waals surface area contributed by atoms with Crippen molar-refractivity contribution >= 4 is 21.6 Å². The highest BCUT2D eigenvalue weighted by molar-refractivity contribution is 7.17. The summed E-state index contributed by atoms with van der Waals surface area (Å²) in [5.41, 5.74) is 3.33. The molecule has 0 aliphatic carbocycles. The van der Waals surface area contributed by atoms with Crippen LogP contribution in [0.3, 0.4) is 0 Å². The van der Waals surface area contributed by atoms with Crippen LogP contribution in [0.1, 0.15) is 11.4 Å². The first-order chi connectivity index (χ1) is 8.76. The number of hydrogen-bond acceptors (Lipinski definition) is 5. The summed E-state index contributed by atoms with van der Waals surface area (Å²) < 4.78 is 1.11. The Hall–Kier alpha value is -1.85. The minimum atomic E-state index is -0.0783. The van der Waals surface area contributed by atoms with Gasteiger partial charge in [-0.15, -0.1) is 11.3 Å². The second-order valence-corrected chi connectivity index (χ2v) is 4.96. The van der Waals surface area contributed by atoms with Crippen molar-refractivity contribution in [3.05, 3.63) is 41.2 Å². The zero-order valence-electron chi connectivity index (χ0n) is 9.79. The van der Waals surface area contributed by atoms with Crippen molar-refractivity contribution in [3.63, 3.8) is 0 Å². The standard InChI is InChI=1S/C13H11N3OS/c1-8-4-10(7-17)16-13(15-8)9-5-12-11(14-6-9)2-3-18-12/h2-6,17H,7H2,1H3. The van der Waals surface area contributed by atoms with E-state index in [4.69, 9.17) is 5.11 Å². The van der Waals surface area contributed by atoms with E-state index >= 15 is 0 Å². The predicted octanol–water partition coefficient (Wildman–Crippen LogP) is 2.55. The monoisotopic (exact) mass is 257 g/mol. The molecule has 3 aromatic heterocycles. The van der Waals surface area contributed by atoms with Crippen molar-refractivity contribution in [2.45, 2.75) is 13.5 Å². The number of aromatic nitrogens is 3. The molecule has 0 saturated carbocycles. The van der Waals surface area contributed by atoms with Gasteiger partial charge < -0.3 is 5.11 Å². The Bertz CT molecular complexity index is 708. The Labute approximate surface area is 108 Å². The number of aliphatic hydroxyl groups is 1. The quantitative estimate of drug-likeness (QED) is 0.766. The van der Waals surface area contributed by atoms with Gasteiger partial charge in [0.15, 0.2) is 5.82 Å². The molecule has 0 amide bonds. The number of aryl methyl sites for hydroxylation is 1.